The Kier molecular flexibility index (Phi) is 3.19. The molecule has 0 saturated carbocycles. The van der Waals surface area contributed by atoms with Gasteiger partial charge in [-0.05, 0) is 12.8 Å². The van der Waals surface area contributed by atoms with Crippen LogP contribution in [0.2, 0.25) is 0 Å². The zero-order valence-electron chi connectivity index (χ0n) is 8.63. The van der Waals surface area contributed by atoms with Gasteiger partial charge in [0.05, 0.1) is 17.6 Å². The highest BCUT2D eigenvalue weighted by molar-refractivity contribution is 7.11. The maximum atomic E-state index is 11.9. The first-order valence-corrected chi connectivity index (χ1v) is 5.97. The Labute approximate surface area is 96.7 Å². The van der Waals surface area contributed by atoms with Crippen LogP contribution in [0.4, 0.5) is 0 Å². The van der Waals surface area contributed by atoms with Crippen LogP contribution in [0.3, 0.4) is 0 Å². The number of carboxylic acid groups (broad SMARTS) is 1. The van der Waals surface area contributed by atoms with E-state index in [0.717, 1.165) is 0 Å². The minimum atomic E-state index is -0.759. The van der Waals surface area contributed by atoms with Crippen molar-refractivity contribution in [1.82, 2.24) is 9.88 Å². The number of aromatic nitrogens is 1. The molecule has 0 unspecified atom stereocenters. The quantitative estimate of drug-likeness (QED) is 0.839. The van der Waals surface area contributed by atoms with Gasteiger partial charge >= 0.3 is 5.97 Å². The number of aliphatic carboxylic acids is 1. The molecule has 0 atom stereocenters. The van der Waals surface area contributed by atoms with Crippen LogP contribution in [-0.4, -0.2) is 40.0 Å². The van der Waals surface area contributed by atoms with Crippen molar-refractivity contribution in [2.75, 3.05) is 13.1 Å². The molecule has 1 aromatic heterocycles. The summed E-state index contributed by atoms with van der Waals surface area (Å²) in [6, 6.07) is 0. The second kappa shape index (κ2) is 4.61. The minimum absolute atomic E-state index is 0.0358. The number of hydrogen-bond donors (Lipinski definition) is 1. The van der Waals surface area contributed by atoms with Crippen LogP contribution in [0.5, 0.6) is 0 Å². The number of amides is 1. The smallest absolute Gasteiger partial charge is 0.306 e. The third-order valence-corrected chi connectivity index (χ3v) is 3.54. The zero-order chi connectivity index (χ0) is 11.5. The van der Waals surface area contributed by atoms with Gasteiger partial charge in [0.2, 0.25) is 0 Å². The molecular formula is C10H12N2O3S. The molecule has 1 saturated heterocycles. The van der Waals surface area contributed by atoms with E-state index in [-0.39, 0.29) is 11.8 Å². The van der Waals surface area contributed by atoms with E-state index < -0.39 is 5.97 Å². The van der Waals surface area contributed by atoms with Crippen LogP contribution in [0.1, 0.15) is 22.5 Å². The summed E-state index contributed by atoms with van der Waals surface area (Å²) in [6.45, 7) is 1.04. The number of rotatable bonds is 2. The Hall–Kier alpha value is -1.43. The largest absolute Gasteiger partial charge is 0.481 e. The van der Waals surface area contributed by atoms with E-state index in [0.29, 0.717) is 30.8 Å². The Morgan fingerprint density at radius 2 is 2.12 bits per heavy atom. The van der Waals surface area contributed by atoms with E-state index in [2.05, 4.69) is 4.98 Å². The van der Waals surface area contributed by atoms with Gasteiger partial charge in [-0.25, -0.2) is 0 Å². The van der Waals surface area contributed by atoms with Gasteiger partial charge in [-0.2, -0.15) is 0 Å². The number of nitrogens with zero attached hydrogens (tertiary/aromatic N) is 2. The molecule has 6 heteroatoms. The van der Waals surface area contributed by atoms with Gasteiger partial charge in [0, 0.05) is 13.1 Å². The Balaban J connectivity index is 1.94. The first-order chi connectivity index (χ1) is 7.68. The van der Waals surface area contributed by atoms with Gasteiger partial charge in [0.25, 0.3) is 5.91 Å². The Bertz CT molecular complexity index is 383. The fourth-order valence-corrected chi connectivity index (χ4v) is 2.39. The maximum absolute atomic E-state index is 11.9. The molecule has 1 aliphatic heterocycles. The summed E-state index contributed by atoms with van der Waals surface area (Å²) in [5.41, 5.74) is 1.62. The Morgan fingerprint density at radius 1 is 1.44 bits per heavy atom. The van der Waals surface area contributed by atoms with Crippen molar-refractivity contribution >= 4 is 23.2 Å². The number of thiazole rings is 1. The average molecular weight is 240 g/mol. The number of carbonyl (C=O) groups excluding carboxylic acids is 1. The number of likely N-dealkylation sites (tertiary alicyclic amines) is 1. The molecular weight excluding hydrogens is 228 g/mol. The molecule has 0 radical (unpaired) electrons. The fourth-order valence-electron chi connectivity index (χ4n) is 1.81. The lowest BCUT2D eigenvalue weighted by molar-refractivity contribution is -0.143. The van der Waals surface area contributed by atoms with Crippen molar-refractivity contribution in [2.24, 2.45) is 5.92 Å². The van der Waals surface area contributed by atoms with Crippen LogP contribution in [0, 0.1) is 5.92 Å². The minimum Gasteiger partial charge on any atom is -0.481 e. The van der Waals surface area contributed by atoms with Crippen molar-refractivity contribution in [3.63, 3.8) is 0 Å². The molecule has 2 rings (SSSR count). The highest BCUT2D eigenvalue weighted by Gasteiger charge is 2.27. The number of carbonyl (C=O) groups is 2. The predicted molar refractivity (Wildman–Crippen MR) is 58.4 cm³/mol. The van der Waals surface area contributed by atoms with Gasteiger partial charge in [-0.15, -0.1) is 11.3 Å². The van der Waals surface area contributed by atoms with Crippen molar-refractivity contribution in [3.05, 3.63) is 16.6 Å². The topological polar surface area (TPSA) is 70.5 Å². The summed E-state index contributed by atoms with van der Waals surface area (Å²) >= 11 is 1.31. The highest BCUT2D eigenvalue weighted by atomic mass is 32.1. The molecule has 1 amide bonds. The average Bonchev–Trinajstić information content (AvgIpc) is 2.81. The summed E-state index contributed by atoms with van der Waals surface area (Å²) in [5, 5.41) is 8.84. The second-order valence-corrected chi connectivity index (χ2v) is 4.66. The van der Waals surface area contributed by atoms with Gasteiger partial charge in [-0.1, -0.05) is 0 Å². The highest BCUT2D eigenvalue weighted by Crippen LogP contribution is 2.20. The molecule has 1 aromatic rings. The van der Waals surface area contributed by atoms with E-state index in [1.54, 1.807) is 16.6 Å². The van der Waals surface area contributed by atoms with Gasteiger partial charge < -0.3 is 10.0 Å². The molecule has 1 aliphatic rings. The van der Waals surface area contributed by atoms with Crippen LogP contribution >= 0.6 is 11.3 Å². The molecule has 0 spiro atoms. The lowest BCUT2D eigenvalue weighted by Gasteiger charge is -2.29. The van der Waals surface area contributed by atoms with E-state index in [4.69, 9.17) is 5.11 Å². The summed E-state index contributed by atoms with van der Waals surface area (Å²) in [5.74, 6) is -1.10. The monoisotopic (exact) mass is 240 g/mol. The molecule has 86 valence electrons. The maximum Gasteiger partial charge on any atom is 0.306 e. The predicted octanol–water partition coefficient (Wildman–Crippen LogP) is 1.08. The van der Waals surface area contributed by atoms with E-state index in [9.17, 15) is 9.59 Å². The third-order valence-electron chi connectivity index (χ3n) is 2.77. The third kappa shape index (κ3) is 2.21. The van der Waals surface area contributed by atoms with Crippen LogP contribution in [0.25, 0.3) is 0 Å². The molecule has 0 bridgehead atoms. The SMILES string of the molecule is O=C(O)C1CCN(C(=O)c2cncs2)CC1. The number of carboxylic acids is 1. The van der Waals surface area contributed by atoms with E-state index >= 15 is 0 Å². The molecule has 0 aromatic carbocycles. The van der Waals surface area contributed by atoms with Crippen LogP contribution < -0.4 is 0 Å². The second-order valence-electron chi connectivity index (χ2n) is 3.77. The summed E-state index contributed by atoms with van der Waals surface area (Å²) in [6.07, 6.45) is 2.63. The van der Waals surface area contributed by atoms with Gasteiger partial charge in [0.1, 0.15) is 4.88 Å². The zero-order valence-corrected chi connectivity index (χ0v) is 9.44. The fraction of sp³-hybridized carbons (Fsp3) is 0.500. The van der Waals surface area contributed by atoms with Crippen LogP contribution in [-0.2, 0) is 4.79 Å². The van der Waals surface area contributed by atoms with E-state index in [1.165, 1.54) is 11.3 Å². The molecule has 1 N–H and O–H groups in total. The summed E-state index contributed by atoms with van der Waals surface area (Å²) in [4.78, 5) is 28.8. The number of hydrogen-bond acceptors (Lipinski definition) is 4. The standard InChI is InChI=1S/C10H12N2O3S/c13-9(8-5-11-6-16-8)12-3-1-7(2-4-12)10(14)15/h5-7H,1-4H2,(H,14,15). The normalized spacial score (nSPS) is 17.4. The lowest BCUT2D eigenvalue weighted by Crippen LogP contribution is -2.39. The number of piperidine rings is 1. The molecule has 0 aliphatic carbocycles. The summed E-state index contributed by atoms with van der Waals surface area (Å²) < 4.78 is 0. The molecule has 5 nitrogen and oxygen atoms in total. The lowest BCUT2D eigenvalue weighted by atomic mass is 9.97. The van der Waals surface area contributed by atoms with Gasteiger partial charge in [0.15, 0.2) is 0 Å². The van der Waals surface area contributed by atoms with Crippen molar-refractivity contribution in [3.8, 4) is 0 Å². The van der Waals surface area contributed by atoms with Crippen molar-refractivity contribution < 1.29 is 14.7 Å². The summed E-state index contributed by atoms with van der Waals surface area (Å²) in [7, 11) is 0. The first-order valence-electron chi connectivity index (χ1n) is 5.09. The molecule has 16 heavy (non-hydrogen) atoms. The molecule has 2 heterocycles. The van der Waals surface area contributed by atoms with Crippen molar-refractivity contribution in [1.29, 1.82) is 0 Å². The van der Waals surface area contributed by atoms with Crippen LogP contribution in [0.15, 0.2) is 11.7 Å². The molecule has 1 fully saturated rings. The van der Waals surface area contributed by atoms with Gasteiger partial charge in [-0.3, -0.25) is 14.6 Å². The van der Waals surface area contributed by atoms with E-state index in [1.807, 2.05) is 0 Å². The Morgan fingerprint density at radius 3 is 2.62 bits per heavy atom. The van der Waals surface area contributed by atoms with Crippen molar-refractivity contribution in [2.45, 2.75) is 12.8 Å². The first kappa shape index (κ1) is 11.1.